The van der Waals surface area contributed by atoms with Crippen LogP contribution in [-0.4, -0.2) is 5.38 Å². The zero-order valence-electron chi connectivity index (χ0n) is 10.7. The van der Waals surface area contributed by atoms with Gasteiger partial charge in [-0.3, -0.25) is 0 Å². The SMILES string of the molecule is ClC(Cc1cccs1)C1C2CC3CC(C2)CC1C3. The highest BCUT2D eigenvalue weighted by molar-refractivity contribution is 7.09. The van der Waals surface area contributed by atoms with Gasteiger partial charge < -0.3 is 0 Å². The molecule has 0 aliphatic heterocycles. The summed E-state index contributed by atoms with van der Waals surface area (Å²) in [6, 6.07) is 4.40. The number of alkyl halides is 1. The first-order chi connectivity index (χ1) is 8.79. The Balaban J connectivity index is 1.50. The molecular weight excluding hydrogens is 260 g/mol. The molecule has 4 fully saturated rings. The first-order valence-electron chi connectivity index (χ1n) is 7.46. The van der Waals surface area contributed by atoms with Gasteiger partial charge in [-0.2, -0.15) is 0 Å². The second kappa shape index (κ2) is 4.52. The van der Waals surface area contributed by atoms with Crippen LogP contribution < -0.4 is 0 Å². The number of hydrogen-bond acceptors (Lipinski definition) is 1. The summed E-state index contributed by atoms with van der Waals surface area (Å²) in [7, 11) is 0. The van der Waals surface area contributed by atoms with Gasteiger partial charge in [0.15, 0.2) is 0 Å². The normalized spacial score (nSPS) is 43.3. The van der Waals surface area contributed by atoms with Crippen LogP contribution >= 0.6 is 22.9 Å². The summed E-state index contributed by atoms with van der Waals surface area (Å²) in [6.45, 7) is 0. The van der Waals surface area contributed by atoms with Gasteiger partial charge in [0, 0.05) is 10.3 Å². The summed E-state index contributed by atoms with van der Waals surface area (Å²) in [5.41, 5.74) is 0. The van der Waals surface area contributed by atoms with Crippen molar-refractivity contribution in [1.29, 1.82) is 0 Å². The fourth-order valence-corrected chi connectivity index (χ4v) is 6.75. The number of rotatable bonds is 3. The lowest BCUT2D eigenvalue weighted by Gasteiger charge is -2.55. The number of hydrogen-bond donors (Lipinski definition) is 0. The summed E-state index contributed by atoms with van der Waals surface area (Å²) >= 11 is 8.69. The monoisotopic (exact) mass is 280 g/mol. The van der Waals surface area contributed by atoms with Crippen LogP contribution in [0.25, 0.3) is 0 Å². The number of thiophene rings is 1. The van der Waals surface area contributed by atoms with Crippen LogP contribution in [0.4, 0.5) is 0 Å². The molecule has 1 aromatic heterocycles. The van der Waals surface area contributed by atoms with Crippen LogP contribution in [0.15, 0.2) is 17.5 Å². The van der Waals surface area contributed by atoms with E-state index in [2.05, 4.69) is 17.5 Å². The van der Waals surface area contributed by atoms with E-state index in [9.17, 15) is 0 Å². The molecule has 98 valence electrons. The van der Waals surface area contributed by atoms with Gasteiger partial charge in [0.05, 0.1) is 0 Å². The molecule has 4 aliphatic rings. The maximum Gasteiger partial charge on any atom is 0.0417 e. The van der Waals surface area contributed by atoms with Crippen molar-refractivity contribution in [2.75, 3.05) is 0 Å². The zero-order valence-corrected chi connectivity index (χ0v) is 12.3. The van der Waals surface area contributed by atoms with Crippen LogP contribution in [0, 0.1) is 29.6 Å². The maximum atomic E-state index is 6.82. The predicted octanol–water partition coefficient (Wildman–Crippen LogP) is 4.97. The minimum Gasteiger partial charge on any atom is -0.149 e. The van der Waals surface area contributed by atoms with Crippen molar-refractivity contribution in [2.24, 2.45) is 29.6 Å². The van der Waals surface area contributed by atoms with Crippen molar-refractivity contribution in [3.05, 3.63) is 22.4 Å². The number of halogens is 1. The molecule has 1 atom stereocenters. The Morgan fingerprint density at radius 3 is 2.33 bits per heavy atom. The zero-order chi connectivity index (χ0) is 12.1. The van der Waals surface area contributed by atoms with Gasteiger partial charge in [-0.05, 0) is 79.6 Å². The average Bonchev–Trinajstić information content (AvgIpc) is 2.80. The van der Waals surface area contributed by atoms with Crippen LogP contribution in [-0.2, 0) is 6.42 Å². The highest BCUT2D eigenvalue weighted by Gasteiger charge is 2.50. The molecule has 1 heterocycles. The van der Waals surface area contributed by atoms with Gasteiger partial charge >= 0.3 is 0 Å². The fourth-order valence-electron chi connectivity index (χ4n) is 5.31. The molecule has 0 aromatic carbocycles. The third-order valence-corrected chi connectivity index (χ3v) is 7.04. The Morgan fingerprint density at radius 2 is 1.78 bits per heavy atom. The third-order valence-electron chi connectivity index (χ3n) is 5.69. The van der Waals surface area contributed by atoms with E-state index in [1.54, 1.807) is 0 Å². The van der Waals surface area contributed by atoms with Crippen molar-refractivity contribution < 1.29 is 0 Å². The molecule has 1 unspecified atom stereocenters. The standard InChI is InChI=1S/C16H21ClS/c17-15(9-14-2-1-3-18-14)16-12-5-10-4-11(7-12)8-13(16)6-10/h1-3,10-13,15-16H,4-9H2. The Kier molecular flexibility index (Phi) is 2.96. The van der Waals surface area contributed by atoms with E-state index < -0.39 is 0 Å². The van der Waals surface area contributed by atoms with E-state index >= 15 is 0 Å². The van der Waals surface area contributed by atoms with Crippen molar-refractivity contribution in [3.63, 3.8) is 0 Å². The first-order valence-corrected chi connectivity index (χ1v) is 8.77. The van der Waals surface area contributed by atoms with E-state index in [0.29, 0.717) is 5.38 Å². The van der Waals surface area contributed by atoms with Crippen molar-refractivity contribution >= 4 is 22.9 Å². The summed E-state index contributed by atoms with van der Waals surface area (Å²) in [4.78, 5) is 1.48. The minimum absolute atomic E-state index is 0.388. The molecule has 0 spiro atoms. The van der Waals surface area contributed by atoms with Gasteiger partial charge in [-0.1, -0.05) is 6.07 Å². The van der Waals surface area contributed by atoms with Crippen LogP contribution in [0.3, 0.4) is 0 Å². The minimum atomic E-state index is 0.388. The highest BCUT2D eigenvalue weighted by atomic mass is 35.5. The second-order valence-electron chi connectivity index (χ2n) is 6.81. The molecule has 2 heteroatoms. The molecule has 5 rings (SSSR count). The van der Waals surface area contributed by atoms with Crippen LogP contribution in [0.5, 0.6) is 0 Å². The van der Waals surface area contributed by atoms with E-state index in [4.69, 9.17) is 11.6 Å². The smallest absolute Gasteiger partial charge is 0.0417 e. The molecule has 0 N–H and O–H groups in total. The largest absolute Gasteiger partial charge is 0.149 e. The molecule has 4 bridgehead atoms. The Morgan fingerprint density at radius 1 is 1.11 bits per heavy atom. The topological polar surface area (TPSA) is 0 Å². The molecule has 0 nitrogen and oxygen atoms in total. The maximum absolute atomic E-state index is 6.82. The lowest BCUT2D eigenvalue weighted by Crippen LogP contribution is -2.48. The Hall–Kier alpha value is -0.0100. The molecule has 0 amide bonds. The third kappa shape index (κ3) is 1.94. The van der Waals surface area contributed by atoms with Crippen molar-refractivity contribution in [2.45, 2.75) is 43.9 Å². The first kappa shape index (κ1) is 11.8. The second-order valence-corrected chi connectivity index (χ2v) is 8.40. The molecule has 1 aromatic rings. The predicted molar refractivity (Wildman–Crippen MR) is 78.2 cm³/mol. The van der Waals surface area contributed by atoms with Gasteiger partial charge in [-0.25, -0.2) is 0 Å². The van der Waals surface area contributed by atoms with Gasteiger partial charge in [-0.15, -0.1) is 22.9 Å². The molecule has 4 aliphatic carbocycles. The van der Waals surface area contributed by atoms with Crippen LogP contribution in [0.1, 0.15) is 37.0 Å². The van der Waals surface area contributed by atoms with Gasteiger partial charge in [0.2, 0.25) is 0 Å². The van der Waals surface area contributed by atoms with E-state index in [0.717, 1.165) is 36.0 Å². The van der Waals surface area contributed by atoms with E-state index in [-0.39, 0.29) is 0 Å². The summed E-state index contributed by atoms with van der Waals surface area (Å²) in [6.07, 6.45) is 8.61. The van der Waals surface area contributed by atoms with Gasteiger partial charge in [0.1, 0.15) is 0 Å². The van der Waals surface area contributed by atoms with Crippen LogP contribution in [0.2, 0.25) is 0 Å². The molecule has 4 saturated carbocycles. The van der Waals surface area contributed by atoms with Crippen molar-refractivity contribution in [1.82, 2.24) is 0 Å². The molecule has 0 saturated heterocycles. The lowest BCUT2D eigenvalue weighted by atomic mass is 9.51. The highest BCUT2D eigenvalue weighted by Crippen LogP contribution is 2.58. The quantitative estimate of drug-likeness (QED) is 0.686. The molecule has 18 heavy (non-hydrogen) atoms. The van der Waals surface area contributed by atoms with Crippen molar-refractivity contribution in [3.8, 4) is 0 Å². The lowest BCUT2D eigenvalue weighted by molar-refractivity contribution is -0.0375. The van der Waals surface area contributed by atoms with E-state index in [1.807, 2.05) is 11.3 Å². The summed E-state index contributed by atoms with van der Waals surface area (Å²) < 4.78 is 0. The Labute approximate surface area is 119 Å². The fraction of sp³-hybridized carbons (Fsp3) is 0.750. The average molecular weight is 281 g/mol. The summed E-state index contributed by atoms with van der Waals surface area (Å²) in [5.74, 6) is 4.87. The molecular formula is C16H21ClS. The van der Waals surface area contributed by atoms with Gasteiger partial charge in [0.25, 0.3) is 0 Å². The Bertz CT molecular complexity index is 383. The molecule has 0 radical (unpaired) electrons. The summed E-state index contributed by atoms with van der Waals surface area (Å²) in [5, 5.41) is 2.56. The van der Waals surface area contributed by atoms with E-state index in [1.165, 1.54) is 37.0 Å².